The molecule has 3 aromatic rings. The smallest absolute Gasteiger partial charge is 0.319 e. The second-order valence-corrected chi connectivity index (χ2v) is 5.17. The van der Waals surface area contributed by atoms with E-state index < -0.39 is 23.5 Å². The molecule has 0 atom stereocenters. The number of hydrogen-bond acceptors (Lipinski definition) is 3. The van der Waals surface area contributed by atoms with Gasteiger partial charge in [-0.15, -0.1) is 5.10 Å². The number of aryl methyl sites for hydroxylation is 1. The molecule has 1 aromatic carbocycles. The SMILES string of the molecule is Cn1cncc1-n1cnc(-c2cc(C(F)(F)F)cc(C(F)(F)F)c2)n1. The van der Waals surface area contributed by atoms with Crippen LogP contribution in [0.25, 0.3) is 17.2 Å². The van der Waals surface area contributed by atoms with Gasteiger partial charge < -0.3 is 4.57 Å². The molecule has 0 saturated carbocycles. The van der Waals surface area contributed by atoms with Gasteiger partial charge in [0, 0.05) is 12.6 Å². The van der Waals surface area contributed by atoms with Crippen LogP contribution >= 0.6 is 0 Å². The van der Waals surface area contributed by atoms with E-state index in [1.54, 1.807) is 11.6 Å². The van der Waals surface area contributed by atoms with E-state index in [0.717, 1.165) is 0 Å². The summed E-state index contributed by atoms with van der Waals surface area (Å²) in [6.45, 7) is 0. The Morgan fingerprint density at radius 2 is 1.48 bits per heavy atom. The van der Waals surface area contributed by atoms with Crippen LogP contribution in [0.2, 0.25) is 0 Å². The first-order valence-electron chi connectivity index (χ1n) is 6.74. The van der Waals surface area contributed by atoms with Crippen molar-refractivity contribution in [2.75, 3.05) is 0 Å². The maximum absolute atomic E-state index is 12.9. The number of aromatic nitrogens is 5. The maximum atomic E-state index is 12.9. The highest BCUT2D eigenvalue weighted by Crippen LogP contribution is 2.38. The van der Waals surface area contributed by atoms with E-state index in [4.69, 9.17) is 0 Å². The first-order chi connectivity index (χ1) is 11.6. The summed E-state index contributed by atoms with van der Waals surface area (Å²) in [7, 11) is 1.65. The Kier molecular flexibility index (Phi) is 3.81. The van der Waals surface area contributed by atoms with Crippen molar-refractivity contribution in [2.45, 2.75) is 12.4 Å². The molecule has 0 radical (unpaired) electrons. The summed E-state index contributed by atoms with van der Waals surface area (Å²) in [4.78, 5) is 7.66. The summed E-state index contributed by atoms with van der Waals surface area (Å²) in [5.41, 5.74) is -3.23. The first-order valence-corrected chi connectivity index (χ1v) is 6.74. The molecule has 0 amide bonds. The van der Waals surface area contributed by atoms with Crippen LogP contribution in [0.1, 0.15) is 11.1 Å². The van der Waals surface area contributed by atoms with E-state index in [-0.39, 0.29) is 17.5 Å². The third kappa shape index (κ3) is 3.35. The van der Waals surface area contributed by atoms with Crippen molar-refractivity contribution in [2.24, 2.45) is 7.05 Å². The van der Waals surface area contributed by atoms with Gasteiger partial charge in [0.25, 0.3) is 0 Å². The number of halogens is 6. The fourth-order valence-corrected chi connectivity index (χ4v) is 2.16. The quantitative estimate of drug-likeness (QED) is 0.654. The standard InChI is InChI=1S/C14H9F6N5/c1-24-6-21-5-11(24)25-7-22-12(23-25)8-2-9(13(15,16)17)4-10(3-8)14(18,19)20/h2-7H,1H3. The minimum Gasteiger partial charge on any atom is -0.319 e. The molecular formula is C14H9F6N5. The second kappa shape index (κ2) is 5.60. The van der Waals surface area contributed by atoms with Crippen LogP contribution in [-0.4, -0.2) is 24.3 Å². The van der Waals surface area contributed by atoms with Crippen LogP contribution in [0, 0.1) is 0 Å². The molecule has 0 saturated heterocycles. The second-order valence-electron chi connectivity index (χ2n) is 5.17. The van der Waals surface area contributed by atoms with Crippen molar-refractivity contribution in [1.82, 2.24) is 24.3 Å². The minimum absolute atomic E-state index is 0.0572. The molecule has 5 nitrogen and oxygen atoms in total. The monoisotopic (exact) mass is 361 g/mol. The highest BCUT2D eigenvalue weighted by atomic mass is 19.4. The Balaban J connectivity index is 2.11. The highest BCUT2D eigenvalue weighted by Gasteiger charge is 2.37. The van der Waals surface area contributed by atoms with Crippen molar-refractivity contribution < 1.29 is 26.3 Å². The molecule has 2 heterocycles. The van der Waals surface area contributed by atoms with E-state index in [1.165, 1.54) is 23.5 Å². The van der Waals surface area contributed by atoms with Gasteiger partial charge in [-0.2, -0.15) is 26.3 Å². The molecule has 0 bridgehead atoms. The molecule has 0 aliphatic heterocycles. The topological polar surface area (TPSA) is 48.5 Å². The van der Waals surface area contributed by atoms with Gasteiger partial charge in [-0.25, -0.2) is 14.6 Å². The molecule has 0 fully saturated rings. The van der Waals surface area contributed by atoms with E-state index >= 15 is 0 Å². The van der Waals surface area contributed by atoms with Crippen LogP contribution in [0.15, 0.2) is 37.1 Å². The number of imidazole rings is 1. The average Bonchev–Trinajstić information content (AvgIpc) is 3.13. The van der Waals surface area contributed by atoms with Gasteiger partial charge in [0.15, 0.2) is 11.6 Å². The molecular weight excluding hydrogens is 352 g/mol. The van der Waals surface area contributed by atoms with Crippen molar-refractivity contribution in [3.8, 4) is 17.2 Å². The summed E-state index contributed by atoms with van der Waals surface area (Å²) in [5.74, 6) is 0.180. The summed E-state index contributed by atoms with van der Waals surface area (Å²) in [5, 5.41) is 3.94. The number of hydrogen-bond donors (Lipinski definition) is 0. The van der Waals surface area contributed by atoms with Gasteiger partial charge in [0.2, 0.25) is 0 Å². The molecule has 3 rings (SSSR count). The first kappa shape index (κ1) is 17.0. The Labute approximate surface area is 136 Å². The lowest BCUT2D eigenvalue weighted by Gasteiger charge is -2.13. The van der Waals surface area contributed by atoms with Gasteiger partial charge in [-0.05, 0) is 18.2 Å². The zero-order valence-corrected chi connectivity index (χ0v) is 12.5. The van der Waals surface area contributed by atoms with E-state index in [1.807, 2.05) is 0 Å². The minimum atomic E-state index is -4.93. The summed E-state index contributed by atoms with van der Waals surface area (Å²) < 4.78 is 80.2. The Morgan fingerprint density at radius 3 is 1.96 bits per heavy atom. The molecule has 132 valence electrons. The highest BCUT2D eigenvalue weighted by molar-refractivity contribution is 5.58. The van der Waals surface area contributed by atoms with E-state index in [2.05, 4.69) is 15.1 Å². The average molecular weight is 361 g/mol. The summed E-state index contributed by atoms with van der Waals surface area (Å²) in [6, 6.07) is 1.22. The number of benzene rings is 1. The van der Waals surface area contributed by atoms with E-state index in [9.17, 15) is 26.3 Å². The molecule has 0 aliphatic rings. The fraction of sp³-hybridized carbons (Fsp3) is 0.214. The predicted octanol–water partition coefficient (Wildman–Crippen LogP) is 3.71. The summed E-state index contributed by atoms with van der Waals surface area (Å²) in [6.07, 6.45) is -5.80. The van der Waals surface area contributed by atoms with Crippen LogP contribution in [0.3, 0.4) is 0 Å². The molecule has 0 N–H and O–H groups in total. The predicted molar refractivity (Wildman–Crippen MR) is 73.6 cm³/mol. The Hall–Kier alpha value is -2.85. The van der Waals surface area contributed by atoms with Crippen LogP contribution < -0.4 is 0 Å². The van der Waals surface area contributed by atoms with Gasteiger partial charge in [0.1, 0.15) is 6.33 Å². The maximum Gasteiger partial charge on any atom is 0.416 e. The van der Waals surface area contributed by atoms with Crippen LogP contribution in [0.4, 0.5) is 26.3 Å². The van der Waals surface area contributed by atoms with Gasteiger partial charge in [-0.3, -0.25) is 0 Å². The zero-order chi connectivity index (χ0) is 18.4. The lowest BCUT2D eigenvalue weighted by molar-refractivity contribution is -0.143. The van der Waals surface area contributed by atoms with Gasteiger partial charge >= 0.3 is 12.4 Å². The summed E-state index contributed by atoms with van der Waals surface area (Å²) >= 11 is 0. The Morgan fingerprint density at radius 1 is 0.880 bits per heavy atom. The molecule has 2 aromatic heterocycles. The molecule has 0 spiro atoms. The van der Waals surface area contributed by atoms with Crippen molar-refractivity contribution >= 4 is 0 Å². The largest absolute Gasteiger partial charge is 0.416 e. The number of nitrogens with zero attached hydrogens (tertiary/aromatic N) is 5. The molecule has 11 heteroatoms. The third-order valence-electron chi connectivity index (χ3n) is 3.36. The molecule has 25 heavy (non-hydrogen) atoms. The lowest BCUT2D eigenvalue weighted by Crippen LogP contribution is -2.11. The zero-order valence-electron chi connectivity index (χ0n) is 12.5. The van der Waals surface area contributed by atoms with Crippen molar-refractivity contribution in [1.29, 1.82) is 0 Å². The molecule has 0 unspecified atom stereocenters. The lowest BCUT2D eigenvalue weighted by atomic mass is 10.0. The van der Waals surface area contributed by atoms with Crippen LogP contribution in [0.5, 0.6) is 0 Å². The number of rotatable bonds is 2. The fourth-order valence-electron chi connectivity index (χ4n) is 2.16. The van der Waals surface area contributed by atoms with Gasteiger partial charge in [0.05, 0.1) is 23.7 Å². The van der Waals surface area contributed by atoms with E-state index in [0.29, 0.717) is 18.0 Å². The Bertz CT molecular complexity index is 873. The third-order valence-corrected chi connectivity index (χ3v) is 3.36. The molecule has 0 aliphatic carbocycles. The van der Waals surface area contributed by atoms with Crippen LogP contribution in [-0.2, 0) is 19.4 Å². The number of alkyl halides is 6. The van der Waals surface area contributed by atoms with Gasteiger partial charge in [-0.1, -0.05) is 0 Å². The normalized spacial score (nSPS) is 12.6. The van der Waals surface area contributed by atoms with Crippen molar-refractivity contribution in [3.63, 3.8) is 0 Å². The van der Waals surface area contributed by atoms with Crippen molar-refractivity contribution in [3.05, 3.63) is 48.2 Å².